The van der Waals surface area contributed by atoms with E-state index in [1.807, 2.05) is 119 Å². The highest BCUT2D eigenvalue weighted by molar-refractivity contribution is 5.82. The zero-order valence-corrected chi connectivity index (χ0v) is 46.8. The van der Waals surface area contributed by atoms with Gasteiger partial charge < -0.3 is 58.9 Å². The number of hydrogen-bond acceptors (Lipinski definition) is 17. The van der Waals surface area contributed by atoms with Crippen molar-refractivity contribution in [2.75, 3.05) is 113 Å². The number of amides is 2. The van der Waals surface area contributed by atoms with Crippen LogP contribution in [0.4, 0.5) is 26.7 Å². The highest BCUT2D eigenvalue weighted by atomic mass is 16.6. The number of carbonyl (C=O) groups is 2. The van der Waals surface area contributed by atoms with E-state index in [9.17, 15) is 30.5 Å². The molecular weight excluding hydrogens is 1050 g/mol. The van der Waals surface area contributed by atoms with Crippen molar-refractivity contribution in [2.45, 2.75) is 48.0 Å². The lowest BCUT2D eigenvalue weighted by Gasteiger charge is -2.26. The summed E-state index contributed by atoms with van der Waals surface area (Å²) in [5.74, 6) is 1.13. The van der Waals surface area contributed by atoms with Gasteiger partial charge in [0.2, 0.25) is 12.2 Å². The van der Waals surface area contributed by atoms with Crippen LogP contribution in [-0.2, 0) is 14.2 Å². The van der Waals surface area contributed by atoms with Gasteiger partial charge in [0, 0.05) is 142 Å². The third kappa shape index (κ3) is 15.7. The summed E-state index contributed by atoms with van der Waals surface area (Å²) in [6.07, 6.45) is 1.61. The van der Waals surface area contributed by atoms with Gasteiger partial charge in [-0.1, -0.05) is 0 Å². The standard InChI is InChI=1S/C60H65N13O9/c1-10-71(11-2)44-16-19-47-40(28-51(43(34-61)35-62)80-52(47)31-44)37-77-58(74)67-22-25-70(26-23-68-59(75)78-38-41-29-55(50(36-63)64-7)81-53-32-45(17-20-48(41)53)72(12-3)13-4)27-24-69-60(76)79-39-42-30-56(57(65-8)66-9)82-54-33-46(18-21-49(42)54)73(14-5)15-6/h16-21,28-33,58,67,74H,10-15,22-27,37-39H2,1-6H3,(H,68,75)(H,69,76)/b55-50+. The molecule has 22 heteroatoms. The molecule has 4 N–H and O–H groups in total. The molecule has 3 heterocycles. The lowest BCUT2D eigenvalue weighted by Crippen LogP contribution is -2.44. The molecule has 6 rings (SSSR count). The normalized spacial score (nSPS) is 13.6. The number of benzene rings is 3. The molecule has 0 radical (unpaired) electrons. The van der Waals surface area contributed by atoms with Crippen LogP contribution in [0.1, 0.15) is 58.2 Å². The highest BCUT2D eigenvalue weighted by Gasteiger charge is 2.27. The van der Waals surface area contributed by atoms with Crippen LogP contribution < -0.4 is 44.9 Å². The van der Waals surface area contributed by atoms with Crippen LogP contribution in [0.3, 0.4) is 0 Å². The Bertz CT molecular complexity index is 3110. The van der Waals surface area contributed by atoms with Crippen LogP contribution in [0.25, 0.3) is 31.3 Å². The number of anilines is 3. The van der Waals surface area contributed by atoms with Crippen molar-refractivity contribution in [3.63, 3.8) is 0 Å². The van der Waals surface area contributed by atoms with Gasteiger partial charge in [-0.15, -0.1) is 0 Å². The summed E-state index contributed by atoms with van der Waals surface area (Å²) >= 11 is 0. The number of nitrogens with one attached hydrogen (secondary N) is 3. The maximum Gasteiger partial charge on any atom is 0.562 e. The average Bonchev–Trinajstić information content (AvgIpc) is 3.49. The first-order valence-corrected chi connectivity index (χ1v) is 26.8. The van der Waals surface area contributed by atoms with Crippen LogP contribution in [0.15, 0.2) is 107 Å². The minimum Gasteiger partial charge on any atom is -0.467 e. The van der Waals surface area contributed by atoms with Gasteiger partial charge in [0.1, 0.15) is 61.5 Å². The van der Waals surface area contributed by atoms with Gasteiger partial charge in [0.15, 0.2) is 11.3 Å². The number of hydrogen-bond donors (Lipinski definition) is 4. The van der Waals surface area contributed by atoms with E-state index in [0.717, 1.165) is 56.3 Å². The third-order valence-electron chi connectivity index (χ3n) is 13.5. The van der Waals surface area contributed by atoms with Crippen LogP contribution in [-0.4, -0.2) is 127 Å². The van der Waals surface area contributed by atoms with Crippen molar-refractivity contribution < 1.29 is 43.1 Å². The molecule has 1 unspecified atom stereocenters. The summed E-state index contributed by atoms with van der Waals surface area (Å²) in [6, 6.07) is 22.4. The van der Waals surface area contributed by atoms with Crippen LogP contribution in [0.2, 0.25) is 0 Å². The van der Waals surface area contributed by atoms with Crippen LogP contribution in [0.5, 0.6) is 17.2 Å². The Morgan fingerprint density at radius 3 is 1.39 bits per heavy atom. The highest BCUT2D eigenvalue weighted by Crippen LogP contribution is 2.40. The molecule has 0 bridgehead atoms. The molecule has 82 heavy (non-hydrogen) atoms. The number of ether oxygens (including phenoxy) is 6. The summed E-state index contributed by atoms with van der Waals surface area (Å²) in [5.41, 5.74) is 5.71. The van der Waals surface area contributed by atoms with Gasteiger partial charge in [-0.05, 0) is 102 Å². The molecule has 3 aliphatic heterocycles. The molecule has 0 fully saturated rings. The van der Waals surface area contributed by atoms with E-state index in [2.05, 4.69) is 45.2 Å². The molecule has 3 aliphatic rings. The van der Waals surface area contributed by atoms with Crippen molar-refractivity contribution in [3.05, 3.63) is 158 Å². The van der Waals surface area contributed by atoms with Gasteiger partial charge >= 0.3 is 23.7 Å². The van der Waals surface area contributed by atoms with Crippen molar-refractivity contribution in [2.24, 2.45) is 0 Å². The van der Waals surface area contributed by atoms with Gasteiger partial charge in [-0.3, -0.25) is 10.2 Å². The zero-order valence-electron chi connectivity index (χ0n) is 46.8. The Morgan fingerprint density at radius 2 is 0.976 bits per heavy atom. The molecule has 3 aromatic rings. The van der Waals surface area contributed by atoms with Crippen molar-refractivity contribution in [1.82, 2.24) is 20.9 Å². The Labute approximate surface area is 478 Å². The number of rotatable bonds is 26. The smallest absolute Gasteiger partial charge is 0.467 e. The lowest BCUT2D eigenvalue weighted by atomic mass is 10.00. The fourth-order valence-corrected chi connectivity index (χ4v) is 9.13. The first kappa shape index (κ1) is 61.4. The van der Waals surface area contributed by atoms with Crippen molar-refractivity contribution in [1.29, 1.82) is 15.8 Å². The Balaban J connectivity index is 1.11. The molecular formula is C60H65N13O9. The topological polar surface area (TPSA) is 243 Å². The molecule has 2 amide bonds. The second-order valence-electron chi connectivity index (χ2n) is 18.1. The van der Waals surface area contributed by atoms with Crippen LogP contribution >= 0.6 is 0 Å². The van der Waals surface area contributed by atoms with E-state index in [-0.39, 0.29) is 93.5 Å². The first-order chi connectivity index (χ1) is 39.8. The monoisotopic (exact) mass is 1110 g/mol. The van der Waals surface area contributed by atoms with Gasteiger partial charge in [-0.2, -0.15) is 20.2 Å². The van der Waals surface area contributed by atoms with Gasteiger partial charge in [0.05, 0.1) is 19.2 Å². The van der Waals surface area contributed by atoms with Gasteiger partial charge in [0.25, 0.3) is 0 Å². The number of nitriles is 3. The molecule has 0 aromatic heterocycles. The number of fused-ring (bicyclic) bond motifs is 3. The molecule has 0 spiro atoms. The number of carbonyl (C=O) groups excluding carboxylic acids is 2. The van der Waals surface area contributed by atoms with E-state index in [4.69, 9.17) is 48.1 Å². The fraction of sp³-hybridized carbons (Fsp3) is 0.367. The van der Waals surface area contributed by atoms with Gasteiger partial charge in [-0.25, -0.2) is 19.7 Å². The minimum atomic E-state index is -1.48. The number of allylic oxidation sites excluding steroid dienone is 5. The zero-order chi connectivity index (χ0) is 59.1. The van der Waals surface area contributed by atoms with E-state index >= 15 is 0 Å². The predicted octanol–water partition coefficient (Wildman–Crippen LogP) is 8.55. The minimum absolute atomic E-state index is 0.0400. The summed E-state index contributed by atoms with van der Waals surface area (Å²) in [4.78, 5) is 44.8. The second-order valence-corrected chi connectivity index (χ2v) is 18.1. The number of aliphatic hydroxyl groups is 1. The summed E-state index contributed by atoms with van der Waals surface area (Å²) in [5, 5.41) is 48.5. The second kappa shape index (κ2) is 30.5. The van der Waals surface area contributed by atoms with Crippen molar-refractivity contribution in [3.8, 4) is 35.5 Å². The Kier molecular flexibility index (Phi) is 22.9. The number of alkyl carbamates (subject to hydrolysis) is 2. The van der Waals surface area contributed by atoms with E-state index in [0.29, 0.717) is 50.7 Å². The quantitative estimate of drug-likeness (QED) is 0.0334. The lowest BCUT2D eigenvalue weighted by molar-refractivity contribution is -0.109. The van der Waals surface area contributed by atoms with E-state index < -0.39 is 18.6 Å². The first-order valence-electron chi connectivity index (χ1n) is 26.8. The third-order valence-corrected chi connectivity index (χ3v) is 13.5. The Hall–Kier alpha value is -9.78. The summed E-state index contributed by atoms with van der Waals surface area (Å²) in [7, 11) is 0. The van der Waals surface area contributed by atoms with E-state index in [1.165, 1.54) is 12.2 Å². The fourth-order valence-electron chi connectivity index (χ4n) is 9.13. The molecule has 3 aromatic carbocycles. The largest absolute Gasteiger partial charge is 0.562 e. The maximum absolute atomic E-state index is 13.3. The molecule has 1 atom stereocenters. The number of aliphatic hydroxyl groups excluding tert-OH is 1. The molecule has 22 nitrogen and oxygen atoms in total. The molecule has 0 saturated carbocycles. The van der Waals surface area contributed by atoms with Crippen LogP contribution in [0, 0.1) is 53.7 Å². The Morgan fingerprint density at radius 1 is 0.573 bits per heavy atom. The molecule has 424 valence electrons. The average molecular weight is 1110 g/mol. The molecule has 0 aliphatic carbocycles. The SMILES string of the molecule is [C-]#[N+]C([N+]#[C-])=C1C=C(COC(=O)NCCN(CCNC(=O)OCC2=C/C(=C(/C#N)[N+]#[C-])Oc3cc(N(CC)CC)ccc32)CCNC(O)OCC2=CC(=C(C#N)C#N)Oc3cc(N(CC)CC)ccc32)c2ccc(N(CC)CC)cc2O1. The maximum atomic E-state index is 13.3. The molecule has 0 saturated heterocycles. The van der Waals surface area contributed by atoms with Crippen molar-refractivity contribution >= 4 is 46.0 Å². The summed E-state index contributed by atoms with van der Waals surface area (Å²) in [6.45, 7) is 39.8. The van der Waals surface area contributed by atoms with E-state index in [1.54, 1.807) is 6.08 Å². The predicted molar refractivity (Wildman–Crippen MR) is 309 cm³/mol. The summed E-state index contributed by atoms with van der Waals surface area (Å²) < 4.78 is 35.2. The number of nitrogens with zero attached hydrogens (tertiary/aromatic N) is 10.